The molecule has 0 aliphatic carbocycles. The van der Waals surface area contributed by atoms with E-state index in [1.54, 1.807) is 0 Å². The van der Waals surface area contributed by atoms with Crippen LogP contribution in [0.5, 0.6) is 0 Å². The maximum atomic E-state index is 12.3. The first kappa shape index (κ1) is 16.0. The third kappa shape index (κ3) is 3.63. The van der Waals surface area contributed by atoms with Gasteiger partial charge in [0.1, 0.15) is 11.3 Å². The van der Waals surface area contributed by atoms with Gasteiger partial charge in [-0.15, -0.1) is 0 Å². The van der Waals surface area contributed by atoms with E-state index >= 15 is 0 Å². The second-order valence-corrected chi connectivity index (χ2v) is 5.39. The molecule has 0 saturated heterocycles. The lowest BCUT2D eigenvalue weighted by Crippen LogP contribution is -2.26. The normalized spacial score (nSPS) is 10.8. The van der Waals surface area contributed by atoms with Crippen LogP contribution in [0.4, 0.5) is 0 Å². The Kier molecular flexibility index (Phi) is 5.14. The number of unbranched alkanes of at least 4 members (excludes halogenated alkanes) is 2. The Balaban J connectivity index is 1.94. The first-order valence-electron chi connectivity index (χ1n) is 7.45. The quantitative estimate of drug-likeness (QED) is 0.769. The number of aryl methyl sites for hydroxylation is 2. The minimum Gasteiger partial charge on any atom is -0.481 e. The van der Waals surface area contributed by atoms with Crippen LogP contribution in [0.25, 0.3) is 5.65 Å². The maximum Gasteiger partial charge on any atom is 0.303 e. The van der Waals surface area contributed by atoms with Crippen LogP contribution < -0.4 is 5.32 Å². The molecule has 2 aromatic rings. The van der Waals surface area contributed by atoms with E-state index in [0.717, 1.165) is 24.1 Å². The molecule has 2 N–H and O–H groups in total. The van der Waals surface area contributed by atoms with Gasteiger partial charge in [0.2, 0.25) is 0 Å². The molecule has 0 aliphatic rings. The summed E-state index contributed by atoms with van der Waals surface area (Å²) in [5, 5.41) is 11.4. The number of hydrogen-bond donors (Lipinski definition) is 2. The van der Waals surface area contributed by atoms with Crippen molar-refractivity contribution in [3.63, 3.8) is 0 Å². The molecule has 2 aromatic heterocycles. The Morgan fingerprint density at radius 3 is 2.77 bits per heavy atom. The monoisotopic (exact) mass is 303 g/mol. The van der Waals surface area contributed by atoms with Crippen molar-refractivity contribution in [2.45, 2.75) is 39.5 Å². The summed E-state index contributed by atoms with van der Waals surface area (Å²) in [4.78, 5) is 27.2. The van der Waals surface area contributed by atoms with Gasteiger partial charge in [0.25, 0.3) is 5.91 Å². The number of fused-ring (bicyclic) bond motifs is 1. The molecule has 0 spiro atoms. The number of carboxylic acid groups (broad SMARTS) is 1. The summed E-state index contributed by atoms with van der Waals surface area (Å²) in [6.07, 6.45) is 4.22. The van der Waals surface area contributed by atoms with Crippen LogP contribution in [0, 0.1) is 13.8 Å². The second kappa shape index (κ2) is 7.06. The third-order valence-corrected chi connectivity index (χ3v) is 3.59. The van der Waals surface area contributed by atoms with Crippen LogP contribution >= 0.6 is 0 Å². The number of nitrogens with one attached hydrogen (secondary N) is 1. The predicted octanol–water partition coefficient (Wildman–Crippen LogP) is 2.33. The smallest absolute Gasteiger partial charge is 0.303 e. The SMILES string of the molecule is Cc1nc2c(C)cccn2c1C(=O)NCCCCCC(=O)O. The van der Waals surface area contributed by atoms with E-state index in [0.29, 0.717) is 24.4 Å². The highest BCUT2D eigenvalue weighted by Crippen LogP contribution is 2.15. The summed E-state index contributed by atoms with van der Waals surface area (Å²) in [7, 11) is 0. The molecule has 2 rings (SSSR count). The molecule has 0 unspecified atom stereocenters. The lowest BCUT2D eigenvalue weighted by molar-refractivity contribution is -0.137. The highest BCUT2D eigenvalue weighted by molar-refractivity contribution is 5.94. The van der Waals surface area contributed by atoms with Gasteiger partial charge >= 0.3 is 5.97 Å². The van der Waals surface area contributed by atoms with Gasteiger partial charge in [0.15, 0.2) is 0 Å². The summed E-state index contributed by atoms with van der Waals surface area (Å²) < 4.78 is 1.81. The van der Waals surface area contributed by atoms with Crippen molar-refractivity contribution in [2.75, 3.05) is 6.54 Å². The van der Waals surface area contributed by atoms with Gasteiger partial charge < -0.3 is 10.4 Å². The van der Waals surface area contributed by atoms with Gasteiger partial charge in [-0.2, -0.15) is 0 Å². The van der Waals surface area contributed by atoms with E-state index in [4.69, 9.17) is 5.11 Å². The summed E-state index contributed by atoms with van der Waals surface area (Å²) in [5.41, 5.74) is 3.09. The van der Waals surface area contributed by atoms with Gasteiger partial charge in [-0.1, -0.05) is 12.5 Å². The molecule has 0 aliphatic heterocycles. The van der Waals surface area contributed by atoms with E-state index in [1.807, 2.05) is 36.6 Å². The molecule has 6 heteroatoms. The molecule has 0 saturated carbocycles. The van der Waals surface area contributed by atoms with Crippen molar-refractivity contribution in [1.82, 2.24) is 14.7 Å². The van der Waals surface area contributed by atoms with Gasteiger partial charge in [-0.05, 0) is 38.3 Å². The molecule has 6 nitrogen and oxygen atoms in total. The predicted molar refractivity (Wildman–Crippen MR) is 83.1 cm³/mol. The molecule has 0 fully saturated rings. The zero-order chi connectivity index (χ0) is 16.1. The number of imidazole rings is 1. The average Bonchev–Trinajstić information content (AvgIpc) is 2.80. The van der Waals surface area contributed by atoms with Crippen LogP contribution in [0.3, 0.4) is 0 Å². The Morgan fingerprint density at radius 1 is 1.27 bits per heavy atom. The van der Waals surface area contributed by atoms with Gasteiger partial charge in [-0.3, -0.25) is 14.0 Å². The second-order valence-electron chi connectivity index (χ2n) is 5.39. The summed E-state index contributed by atoms with van der Waals surface area (Å²) in [6.45, 7) is 4.33. The third-order valence-electron chi connectivity index (χ3n) is 3.59. The Morgan fingerprint density at radius 2 is 2.05 bits per heavy atom. The zero-order valence-corrected chi connectivity index (χ0v) is 12.9. The first-order valence-corrected chi connectivity index (χ1v) is 7.45. The number of amides is 1. The minimum atomic E-state index is -0.777. The van der Waals surface area contributed by atoms with Crippen molar-refractivity contribution in [3.05, 3.63) is 35.3 Å². The highest BCUT2D eigenvalue weighted by Gasteiger charge is 2.16. The fraction of sp³-hybridized carbons (Fsp3) is 0.438. The summed E-state index contributed by atoms with van der Waals surface area (Å²) in [6, 6.07) is 3.86. The highest BCUT2D eigenvalue weighted by atomic mass is 16.4. The summed E-state index contributed by atoms with van der Waals surface area (Å²) in [5.74, 6) is -0.922. The number of nitrogens with zero attached hydrogens (tertiary/aromatic N) is 2. The number of rotatable bonds is 7. The lowest BCUT2D eigenvalue weighted by atomic mass is 10.2. The van der Waals surface area contributed by atoms with Crippen molar-refractivity contribution >= 4 is 17.5 Å². The molecule has 0 bridgehead atoms. The van der Waals surface area contributed by atoms with Crippen molar-refractivity contribution in [3.8, 4) is 0 Å². The van der Waals surface area contributed by atoms with Crippen molar-refractivity contribution < 1.29 is 14.7 Å². The Hall–Kier alpha value is -2.37. The topological polar surface area (TPSA) is 83.7 Å². The van der Waals surface area contributed by atoms with E-state index in [9.17, 15) is 9.59 Å². The van der Waals surface area contributed by atoms with E-state index in [-0.39, 0.29) is 12.3 Å². The average molecular weight is 303 g/mol. The molecule has 22 heavy (non-hydrogen) atoms. The Bertz CT molecular complexity index is 691. The number of hydrogen-bond acceptors (Lipinski definition) is 3. The molecule has 1 amide bonds. The standard InChI is InChI=1S/C16H21N3O3/c1-11-7-6-10-19-14(12(2)18-15(11)19)16(22)17-9-5-3-4-8-13(20)21/h6-7,10H,3-5,8-9H2,1-2H3,(H,17,22)(H,20,21). The van der Waals surface area contributed by atoms with Gasteiger partial charge in [-0.25, -0.2) is 4.98 Å². The fourth-order valence-corrected chi connectivity index (χ4v) is 2.45. The molecular formula is C16H21N3O3. The van der Waals surface area contributed by atoms with Crippen molar-refractivity contribution in [2.24, 2.45) is 0 Å². The molecule has 0 atom stereocenters. The van der Waals surface area contributed by atoms with Gasteiger partial charge in [0.05, 0.1) is 5.69 Å². The molecule has 0 aromatic carbocycles. The van der Waals surface area contributed by atoms with E-state index in [1.165, 1.54) is 0 Å². The van der Waals surface area contributed by atoms with Crippen LogP contribution in [-0.4, -0.2) is 32.9 Å². The Labute approximate surface area is 129 Å². The number of pyridine rings is 1. The lowest BCUT2D eigenvalue weighted by Gasteiger charge is -2.06. The minimum absolute atomic E-state index is 0.145. The van der Waals surface area contributed by atoms with E-state index < -0.39 is 5.97 Å². The van der Waals surface area contributed by atoms with Crippen LogP contribution in [0.2, 0.25) is 0 Å². The molecule has 0 radical (unpaired) electrons. The number of aromatic nitrogens is 2. The number of carbonyl (C=O) groups excluding carboxylic acids is 1. The van der Waals surface area contributed by atoms with Crippen molar-refractivity contribution in [1.29, 1.82) is 0 Å². The largest absolute Gasteiger partial charge is 0.481 e. The molecular weight excluding hydrogens is 282 g/mol. The maximum absolute atomic E-state index is 12.3. The number of aliphatic carboxylic acids is 1. The van der Waals surface area contributed by atoms with Gasteiger partial charge in [0, 0.05) is 19.2 Å². The van der Waals surface area contributed by atoms with Crippen LogP contribution in [-0.2, 0) is 4.79 Å². The molecule has 118 valence electrons. The number of carbonyl (C=O) groups is 2. The fourth-order valence-electron chi connectivity index (χ4n) is 2.45. The summed E-state index contributed by atoms with van der Waals surface area (Å²) >= 11 is 0. The van der Waals surface area contributed by atoms with Crippen LogP contribution in [0.1, 0.15) is 47.4 Å². The van der Waals surface area contributed by atoms with E-state index in [2.05, 4.69) is 10.3 Å². The molecule has 2 heterocycles. The number of carboxylic acids is 1. The van der Waals surface area contributed by atoms with Crippen LogP contribution in [0.15, 0.2) is 18.3 Å². The zero-order valence-electron chi connectivity index (χ0n) is 12.9. The first-order chi connectivity index (χ1) is 10.5.